The molecule has 0 spiro atoms. The van der Waals surface area contributed by atoms with Crippen molar-refractivity contribution in [2.75, 3.05) is 13.6 Å². The minimum Gasteiger partial charge on any atom is -0.336 e. The van der Waals surface area contributed by atoms with Gasteiger partial charge in [-0.2, -0.15) is 0 Å². The number of H-pyrrole nitrogens is 1. The Morgan fingerprint density at radius 2 is 2.28 bits per heavy atom. The lowest BCUT2D eigenvalue weighted by Crippen LogP contribution is -2.11. The maximum Gasteiger partial charge on any atom is 0.132 e. The van der Waals surface area contributed by atoms with Crippen LogP contribution in [0.5, 0.6) is 0 Å². The summed E-state index contributed by atoms with van der Waals surface area (Å²) in [7, 11) is 1.87. The van der Waals surface area contributed by atoms with Crippen LogP contribution < -0.4 is 5.32 Å². The Bertz CT molecular complexity index is 556. The van der Waals surface area contributed by atoms with Gasteiger partial charge in [0, 0.05) is 23.6 Å². The Balaban J connectivity index is 2.38. The highest BCUT2D eigenvalue weighted by atomic mass is 79.9. The van der Waals surface area contributed by atoms with Crippen LogP contribution in [0.4, 0.5) is 4.39 Å². The highest BCUT2D eigenvalue weighted by Gasteiger charge is 2.14. The first-order chi connectivity index (χ1) is 8.61. The lowest BCUT2D eigenvalue weighted by molar-refractivity contribution is 0.630. The monoisotopic (exact) mass is 331 g/mol. The van der Waals surface area contributed by atoms with Gasteiger partial charge in [-0.1, -0.05) is 11.6 Å². The minimum absolute atomic E-state index is 0.341. The van der Waals surface area contributed by atoms with E-state index in [1.165, 1.54) is 12.1 Å². The van der Waals surface area contributed by atoms with Gasteiger partial charge in [0.2, 0.25) is 0 Å². The molecule has 1 heterocycles. The van der Waals surface area contributed by atoms with Crippen molar-refractivity contribution in [1.29, 1.82) is 0 Å². The van der Waals surface area contributed by atoms with E-state index in [-0.39, 0.29) is 5.82 Å². The fourth-order valence-corrected chi connectivity index (χ4v) is 2.32. The van der Waals surface area contributed by atoms with Crippen LogP contribution in [0.2, 0.25) is 5.02 Å². The predicted octanol–water partition coefficient (Wildman–Crippen LogP) is 3.39. The number of benzene rings is 1. The third-order valence-electron chi connectivity index (χ3n) is 2.50. The van der Waals surface area contributed by atoms with Crippen LogP contribution in [0.1, 0.15) is 5.82 Å². The molecule has 2 aromatic rings. The number of likely N-dealkylation sites (N-methyl/N-ethyl adjacent to an activating group) is 1. The summed E-state index contributed by atoms with van der Waals surface area (Å²) >= 11 is 9.24. The first-order valence-electron chi connectivity index (χ1n) is 5.46. The molecular formula is C12H12BrClFN3. The molecule has 0 unspecified atom stereocenters. The molecule has 0 atom stereocenters. The topological polar surface area (TPSA) is 40.7 Å². The molecule has 6 heteroatoms. The highest BCUT2D eigenvalue weighted by Crippen LogP contribution is 2.30. The summed E-state index contributed by atoms with van der Waals surface area (Å²) in [5.74, 6) is 0.456. The summed E-state index contributed by atoms with van der Waals surface area (Å²) in [4.78, 5) is 7.46. The zero-order valence-corrected chi connectivity index (χ0v) is 12.1. The largest absolute Gasteiger partial charge is 0.336 e. The van der Waals surface area contributed by atoms with Crippen molar-refractivity contribution in [2.24, 2.45) is 0 Å². The van der Waals surface area contributed by atoms with Crippen molar-refractivity contribution in [2.45, 2.75) is 6.42 Å². The molecule has 0 fully saturated rings. The first kappa shape index (κ1) is 13.5. The lowest BCUT2D eigenvalue weighted by Gasteiger charge is -2.00. The number of imidazole rings is 1. The van der Waals surface area contributed by atoms with Crippen LogP contribution in [0, 0.1) is 5.82 Å². The van der Waals surface area contributed by atoms with E-state index in [2.05, 4.69) is 31.2 Å². The summed E-state index contributed by atoms with van der Waals surface area (Å²) < 4.78 is 14.4. The standard InChI is InChI=1S/C12H12BrClFN3/c1-16-5-4-10-17-11(12(13)18-10)8-6-7(14)2-3-9(8)15/h2-3,6,16H,4-5H2,1H3,(H,17,18). The molecule has 0 aliphatic carbocycles. The van der Waals surface area contributed by atoms with Gasteiger partial charge in [-0.05, 0) is 41.2 Å². The fraction of sp³-hybridized carbons (Fsp3) is 0.250. The van der Waals surface area contributed by atoms with E-state index in [1.807, 2.05) is 7.05 Å². The van der Waals surface area contributed by atoms with Gasteiger partial charge in [0.05, 0.1) is 0 Å². The van der Waals surface area contributed by atoms with E-state index < -0.39 is 0 Å². The zero-order chi connectivity index (χ0) is 13.1. The van der Waals surface area contributed by atoms with Gasteiger partial charge in [-0.25, -0.2) is 9.37 Å². The molecule has 1 aromatic carbocycles. The average molecular weight is 333 g/mol. The highest BCUT2D eigenvalue weighted by molar-refractivity contribution is 9.10. The van der Waals surface area contributed by atoms with Crippen molar-refractivity contribution in [3.05, 3.63) is 39.5 Å². The molecular weight excluding hydrogens is 321 g/mol. The lowest BCUT2D eigenvalue weighted by atomic mass is 10.1. The molecule has 0 radical (unpaired) electrons. The van der Waals surface area contributed by atoms with Crippen molar-refractivity contribution >= 4 is 27.5 Å². The van der Waals surface area contributed by atoms with Crippen molar-refractivity contribution < 1.29 is 4.39 Å². The van der Waals surface area contributed by atoms with E-state index in [4.69, 9.17) is 11.6 Å². The number of hydrogen-bond acceptors (Lipinski definition) is 2. The number of nitrogens with one attached hydrogen (secondary N) is 2. The molecule has 3 nitrogen and oxygen atoms in total. The van der Waals surface area contributed by atoms with Gasteiger partial charge in [0.25, 0.3) is 0 Å². The molecule has 96 valence electrons. The van der Waals surface area contributed by atoms with Gasteiger partial charge in [-0.3, -0.25) is 0 Å². The first-order valence-corrected chi connectivity index (χ1v) is 6.63. The number of halogens is 3. The van der Waals surface area contributed by atoms with Crippen LogP contribution >= 0.6 is 27.5 Å². The maximum absolute atomic E-state index is 13.8. The van der Waals surface area contributed by atoms with Crippen LogP contribution in [0.25, 0.3) is 11.3 Å². The van der Waals surface area contributed by atoms with Crippen LogP contribution in [-0.2, 0) is 6.42 Å². The predicted molar refractivity (Wildman–Crippen MR) is 74.3 cm³/mol. The van der Waals surface area contributed by atoms with Gasteiger partial charge in [0.15, 0.2) is 0 Å². The number of hydrogen-bond donors (Lipinski definition) is 2. The van der Waals surface area contributed by atoms with E-state index in [0.29, 0.717) is 20.9 Å². The Labute approximate surface area is 118 Å². The molecule has 0 aliphatic rings. The van der Waals surface area contributed by atoms with E-state index in [1.54, 1.807) is 6.07 Å². The molecule has 0 bridgehead atoms. The normalized spacial score (nSPS) is 10.9. The summed E-state index contributed by atoms with van der Waals surface area (Å²) in [6.07, 6.45) is 0.747. The molecule has 2 rings (SSSR count). The molecule has 18 heavy (non-hydrogen) atoms. The van der Waals surface area contributed by atoms with Crippen LogP contribution in [-0.4, -0.2) is 23.6 Å². The van der Waals surface area contributed by atoms with E-state index in [9.17, 15) is 4.39 Å². The van der Waals surface area contributed by atoms with Crippen molar-refractivity contribution in [1.82, 2.24) is 15.3 Å². The third-order valence-corrected chi connectivity index (χ3v) is 3.31. The summed E-state index contributed by atoms with van der Waals surface area (Å²) in [6, 6.07) is 4.43. The Morgan fingerprint density at radius 3 is 3.00 bits per heavy atom. The smallest absolute Gasteiger partial charge is 0.132 e. The summed E-state index contributed by atoms with van der Waals surface area (Å²) in [5, 5.41) is 3.52. The van der Waals surface area contributed by atoms with Gasteiger partial charge in [-0.15, -0.1) is 0 Å². The Hall–Kier alpha value is -0.910. The van der Waals surface area contributed by atoms with Crippen molar-refractivity contribution in [3.8, 4) is 11.3 Å². The second-order valence-corrected chi connectivity index (χ2v) is 5.05. The van der Waals surface area contributed by atoms with Crippen LogP contribution in [0.3, 0.4) is 0 Å². The summed E-state index contributed by atoms with van der Waals surface area (Å²) in [6.45, 7) is 0.803. The van der Waals surface area contributed by atoms with Gasteiger partial charge >= 0.3 is 0 Å². The third kappa shape index (κ3) is 2.91. The summed E-state index contributed by atoms with van der Waals surface area (Å²) in [5.41, 5.74) is 0.933. The van der Waals surface area contributed by atoms with E-state index in [0.717, 1.165) is 18.8 Å². The zero-order valence-electron chi connectivity index (χ0n) is 9.73. The Kier molecular flexibility index (Phi) is 4.37. The second kappa shape index (κ2) is 5.82. The number of rotatable bonds is 4. The van der Waals surface area contributed by atoms with Gasteiger partial charge < -0.3 is 10.3 Å². The molecule has 0 saturated heterocycles. The fourth-order valence-electron chi connectivity index (χ4n) is 1.62. The molecule has 0 aliphatic heterocycles. The molecule has 2 N–H and O–H groups in total. The van der Waals surface area contributed by atoms with Crippen LogP contribution in [0.15, 0.2) is 22.8 Å². The number of nitrogens with zero attached hydrogens (tertiary/aromatic N) is 1. The molecule has 1 aromatic heterocycles. The Morgan fingerprint density at radius 1 is 1.50 bits per heavy atom. The number of aromatic amines is 1. The van der Waals surface area contributed by atoms with Crippen molar-refractivity contribution in [3.63, 3.8) is 0 Å². The SMILES string of the molecule is CNCCc1nc(-c2cc(Cl)ccc2F)c(Br)[nH]1. The van der Waals surface area contributed by atoms with Gasteiger partial charge in [0.1, 0.15) is 21.9 Å². The minimum atomic E-state index is -0.341. The second-order valence-electron chi connectivity index (χ2n) is 3.82. The maximum atomic E-state index is 13.8. The quantitative estimate of drug-likeness (QED) is 0.901. The molecule has 0 saturated carbocycles. The average Bonchev–Trinajstić information content (AvgIpc) is 2.71. The number of aromatic nitrogens is 2. The molecule has 0 amide bonds. The van der Waals surface area contributed by atoms with E-state index >= 15 is 0 Å².